The first kappa shape index (κ1) is 19.7. The Morgan fingerprint density at radius 2 is 1.84 bits per heavy atom. The molecule has 8 nitrogen and oxygen atoms in total. The molecule has 3 aliphatic rings. The number of carbonyl (C=O) groups excluding carboxylic acids is 1. The first-order chi connectivity index (χ1) is 14.9. The lowest BCUT2D eigenvalue weighted by molar-refractivity contribution is -0.383. The summed E-state index contributed by atoms with van der Waals surface area (Å²) >= 11 is 0. The molecule has 1 aliphatic carbocycles. The summed E-state index contributed by atoms with van der Waals surface area (Å²) in [6.07, 6.45) is 4.21. The minimum Gasteiger partial charge on any atom is -0.486 e. The van der Waals surface area contributed by atoms with E-state index in [9.17, 15) is 14.9 Å². The maximum Gasteiger partial charge on any atom is 0.292 e. The van der Waals surface area contributed by atoms with Crippen molar-refractivity contribution in [1.29, 1.82) is 0 Å². The second kappa shape index (κ2) is 7.14. The number of nitro groups is 1. The fourth-order valence-electron chi connectivity index (χ4n) is 5.35. The smallest absolute Gasteiger partial charge is 0.292 e. The number of nitrogens with two attached hydrogens (primary N) is 1. The Balaban J connectivity index is 1.58. The zero-order chi connectivity index (χ0) is 21.8. The van der Waals surface area contributed by atoms with Crippen molar-refractivity contribution in [2.75, 3.05) is 25.5 Å². The first-order valence-electron chi connectivity index (χ1n) is 10.7. The van der Waals surface area contributed by atoms with Crippen LogP contribution >= 0.6 is 0 Å². The van der Waals surface area contributed by atoms with Crippen LogP contribution in [-0.4, -0.2) is 35.5 Å². The molecule has 0 aromatic heterocycles. The van der Waals surface area contributed by atoms with E-state index in [1.54, 1.807) is 6.07 Å². The monoisotopic (exact) mass is 423 g/mol. The number of hydrogen-bond donors (Lipinski definition) is 1. The van der Waals surface area contributed by atoms with E-state index in [2.05, 4.69) is 6.07 Å². The highest BCUT2D eigenvalue weighted by Gasteiger charge is 2.46. The Kier molecular flexibility index (Phi) is 4.53. The predicted molar refractivity (Wildman–Crippen MR) is 115 cm³/mol. The molecule has 162 valence electrons. The number of hydrogen-bond acceptors (Lipinski definition) is 6. The van der Waals surface area contributed by atoms with Crippen molar-refractivity contribution < 1.29 is 19.2 Å². The summed E-state index contributed by atoms with van der Waals surface area (Å²) in [7, 11) is 0. The van der Waals surface area contributed by atoms with E-state index >= 15 is 0 Å². The molecule has 1 unspecified atom stereocenters. The fraction of sp³-hybridized carbons (Fsp3) is 0.435. The van der Waals surface area contributed by atoms with Crippen molar-refractivity contribution in [2.45, 2.75) is 44.1 Å². The van der Waals surface area contributed by atoms with Gasteiger partial charge in [0, 0.05) is 23.6 Å². The van der Waals surface area contributed by atoms with E-state index in [4.69, 9.17) is 15.2 Å². The van der Waals surface area contributed by atoms with Crippen molar-refractivity contribution in [3.05, 3.63) is 57.1 Å². The van der Waals surface area contributed by atoms with Gasteiger partial charge in [-0.15, -0.1) is 0 Å². The van der Waals surface area contributed by atoms with Crippen LogP contribution < -0.4 is 15.2 Å². The minimum atomic E-state index is -0.552. The highest BCUT2D eigenvalue weighted by atomic mass is 16.6. The van der Waals surface area contributed by atoms with Crippen LogP contribution in [0.1, 0.15) is 60.1 Å². The maximum atomic E-state index is 13.5. The number of nitrogen functional groups attached to an aromatic ring is 1. The molecule has 1 spiro atoms. The number of anilines is 1. The average molecular weight is 423 g/mol. The Morgan fingerprint density at radius 3 is 2.52 bits per heavy atom. The standard InChI is InChI=1S/C23H25N3O5/c1-14-16-11-20-21(31-9-8-30-20)12-17(16)23(6-2-3-7-23)13-25(14)22(27)15-4-5-18(24)19(10-15)26(28)29/h4-5,10-12,14H,2-3,6-9,13,24H2,1H3. The molecule has 0 saturated heterocycles. The van der Waals surface area contributed by atoms with Gasteiger partial charge >= 0.3 is 0 Å². The summed E-state index contributed by atoms with van der Waals surface area (Å²) < 4.78 is 11.6. The van der Waals surface area contributed by atoms with Crippen LogP contribution in [0.2, 0.25) is 0 Å². The molecule has 2 N–H and O–H groups in total. The lowest BCUT2D eigenvalue weighted by Crippen LogP contribution is -2.48. The Bertz CT molecular complexity index is 1080. The number of nitro benzene ring substituents is 1. The molecule has 2 aliphatic heterocycles. The highest BCUT2D eigenvalue weighted by Crippen LogP contribution is 2.52. The Hall–Kier alpha value is -3.29. The summed E-state index contributed by atoms with van der Waals surface area (Å²) in [5.74, 6) is 1.27. The van der Waals surface area contributed by atoms with Crippen LogP contribution in [0, 0.1) is 10.1 Å². The lowest BCUT2D eigenvalue weighted by Gasteiger charge is -2.46. The van der Waals surface area contributed by atoms with Gasteiger partial charge in [0.05, 0.1) is 11.0 Å². The fourth-order valence-corrected chi connectivity index (χ4v) is 5.35. The number of nitrogens with zero attached hydrogens (tertiary/aromatic N) is 2. The molecule has 2 aromatic rings. The number of rotatable bonds is 2. The van der Waals surface area contributed by atoms with Gasteiger partial charge in [-0.2, -0.15) is 0 Å². The zero-order valence-corrected chi connectivity index (χ0v) is 17.4. The number of fused-ring (bicyclic) bond motifs is 3. The van der Waals surface area contributed by atoms with Crippen LogP contribution in [0.15, 0.2) is 30.3 Å². The van der Waals surface area contributed by atoms with Crippen molar-refractivity contribution in [1.82, 2.24) is 4.90 Å². The average Bonchev–Trinajstić information content (AvgIpc) is 3.24. The Labute approximate surface area is 180 Å². The summed E-state index contributed by atoms with van der Waals surface area (Å²) in [5.41, 5.74) is 7.99. The van der Waals surface area contributed by atoms with E-state index in [1.807, 2.05) is 17.9 Å². The van der Waals surface area contributed by atoms with Gasteiger partial charge in [0.15, 0.2) is 11.5 Å². The molecule has 1 fully saturated rings. The molecule has 5 rings (SSSR count). The topological polar surface area (TPSA) is 108 Å². The van der Waals surface area contributed by atoms with Crippen molar-refractivity contribution in [2.24, 2.45) is 0 Å². The SMILES string of the molecule is CC1c2cc3c(cc2C2(CCCC2)CN1C(=O)c1ccc(N)c([N+](=O)[O-])c1)OCCO3. The molecule has 1 amide bonds. The van der Waals surface area contributed by atoms with Gasteiger partial charge in [-0.05, 0) is 55.2 Å². The molecule has 0 radical (unpaired) electrons. The molecular weight excluding hydrogens is 398 g/mol. The van der Waals surface area contributed by atoms with Gasteiger partial charge in [-0.1, -0.05) is 12.8 Å². The van der Waals surface area contributed by atoms with E-state index in [0.29, 0.717) is 25.5 Å². The summed E-state index contributed by atoms with van der Waals surface area (Å²) in [6.45, 7) is 3.62. The third-order valence-corrected chi connectivity index (χ3v) is 6.97. The van der Waals surface area contributed by atoms with E-state index in [0.717, 1.165) is 37.0 Å². The summed E-state index contributed by atoms with van der Waals surface area (Å²) in [6, 6.07) is 8.21. The first-order valence-corrected chi connectivity index (χ1v) is 10.7. The second-order valence-corrected chi connectivity index (χ2v) is 8.71. The number of ether oxygens (including phenoxy) is 2. The number of amides is 1. The summed E-state index contributed by atoms with van der Waals surface area (Å²) in [4.78, 5) is 26.2. The Morgan fingerprint density at radius 1 is 1.16 bits per heavy atom. The van der Waals surface area contributed by atoms with Crippen LogP contribution in [0.4, 0.5) is 11.4 Å². The second-order valence-electron chi connectivity index (χ2n) is 8.71. The van der Waals surface area contributed by atoms with Crippen LogP contribution in [0.25, 0.3) is 0 Å². The van der Waals surface area contributed by atoms with Crippen molar-refractivity contribution in [3.8, 4) is 11.5 Å². The maximum absolute atomic E-state index is 13.5. The third kappa shape index (κ3) is 3.08. The number of benzene rings is 2. The molecule has 0 bridgehead atoms. The van der Waals surface area contributed by atoms with E-state index in [-0.39, 0.29) is 34.3 Å². The van der Waals surface area contributed by atoms with Gasteiger partial charge in [0.2, 0.25) is 0 Å². The molecular formula is C23H25N3O5. The summed E-state index contributed by atoms with van der Waals surface area (Å²) in [5, 5.41) is 11.3. The minimum absolute atomic E-state index is 0.0506. The van der Waals surface area contributed by atoms with Gasteiger partial charge in [0.1, 0.15) is 18.9 Å². The van der Waals surface area contributed by atoms with Crippen LogP contribution in [0.5, 0.6) is 11.5 Å². The van der Waals surface area contributed by atoms with Crippen molar-refractivity contribution in [3.63, 3.8) is 0 Å². The third-order valence-electron chi connectivity index (χ3n) is 6.97. The van der Waals surface area contributed by atoms with Gasteiger partial charge in [-0.3, -0.25) is 14.9 Å². The number of carbonyl (C=O) groups is 1. The van der Waals surface area contributed by atoms with Gasteiger partial charge in [0.25, 0.3) is 11.6 Å². The highest BCUT2D eigenvalue weighted by molar-refractivity contribution is 5.96. The predicted octanol–water partition coefficient (Wildman–Crippen LogP) is 3.98. The quantitative estimate of drug-likeness (QED) is 0.445. The lowest BCUT2D eigenvalue weighted by atomic mass is 9.71. The van der Waals surface area contributed by atoms with Gasteiger partial charge in [-0.25, -0.2) is 0 Å². The zero-order valence-electron chi connectivity index (χ0n) is 17.4. The van der Waals surface area contributed by atoms with Crippen LogP contribution in [0.3, 0.4) is 0 Å². The molecule has 8 heteroatoms. The van der Waals surface area contributed by atoms with Gasteiger partial charge < -0.3 is 20.1 Å². The molecule has 1 atom stereocenters. The molecule has 1 saturated carbocycles. The van der Waals surface area contributed by atoms with Crippen LogP contribution in [-0.2, 0) is 5.41 Å². The van der Waals surface area contributed by atoms with Crippen molar-refractivity contribution >= 4 is 17.3 Å². The molecule has 2 aromatic carbocycles. The van der Waals surface area contributed by atoms with E-state index in [1.165, 1.54) is 17.7 Å². The normalized spacial score (nSPS) is 21.1. The van der Waals surface area contributed by atoms with E-state index < -0.39 is 4.92 Å². The molecule has 2 heterocycles. The molecule has 31 heavy (non-hydrogen) atoms. The largest absolute Gasteiger partial charge is 0.486 e.